The molecule has 1 aromatic heterocycles. The standard InChI is InChI=1S/C18H30N4O2/c1-14(13-16(23)22-9-5-3-4-6-10-22)20-15-7-12-24-17(15)18-19-8-11-21(18)2/h8,11,14-15,17,20H,3-7,9-10,12-13H2,1-2H3/t14?,15-,17-/m0/s1. The van der Waals surface area contributed by atoms with Crippen LogP contribution in [0.4, 0.5) is 0 Å². The first kappa shape index (κ1) is 17.4. The first-order valence-electron chi connectivity index (χ1n) is 9.28. The Balaban J connectivity index is 1.53. The van der Waals surface area contributed by atoms with Crippen molar-refractivity contribution < 1.29 is 9.53 Å². The summed E-state index contributed by atoms with van der Waals surface area (Å²) in [6.45, 7) is 4.69. The van der Waals surface area contributed by atoms with Crippen LogP contribution in [-0.4, -0.2) is 52.1 Å². The lowest BCUT2D eigenvalue weighted by Crippen LogP contribution is -2.42. The SMILES string of the molecule is CC(CC(=O)N1CCCCCC1)N[C@H]1CCO[C@@H]1c1nccn1C. The van der Waals surface area contributed by atoms with Crippen molar-refractivity contribution >= 4 is 5.91 Å². The van der Waals surface area contributed by atoms with Crippen LogP contribution < -0.4 is 5.32 Å². The zero-order chi connectivity index (χ0) is 16.9. The highest BCUT2D eigenvalue weighted by molar-refractivity contribution is 5.76. The third-order valence-electron chi connectivity index (χ3n) is 5.14. The Morgan fingerprint density at radius 3 is 2.79 bits per heavy atom. The van der Waals surface area contributed by atoms with Crippen molar-refractivity contribution in [2.24, 2.45) is 7.05 Å². The molecule has 0 aliphatic carbocycles. The highest BCUT2D eigenvalue weighted by Gasteiger charge is 2.33. The van der Waals surface area contributed by atoms with Crippen LogP contribution in [0, 0.1) is 0 Å². The van der Waals surface area contributed by atoms with E-state index in [1.54, 1.807) is 6.20 Å². The quantitative estimate of drug-likeness (QED) is 0.895. The summed E-state index contributed by atoms with van der Waals surface area (Å²) in [6.07, 6.45) is 10.0. The van der Waals surface area contributed by atoms with Gasteiger partial charge in [0.25, 0.3) is 0 Å². The fourth-order valence-electron chi connectivity index (χ4n) is 3.80. The van der Waals surface area contributed by atoms with Crippen molar-refractivity contribution in [2.75, 3.05) is 19.7 Å². The van der Waals surface area contributed by atoms with Crippen LogP contribution in [0.3, 0.4) is 0 Å². The minimum atomic E-state index is -0.0271. The molecule has 0 aromatic carbocycles. The zero-order valence-electron chi connectivity index (χ0n) is 14.9. The van der Waals surface area contributed by atoms with E-state index in [0.29, 0.717) is 6.42 Å². The molecule has 0 bridgehead atoms. The number of aryl methyl sites for hydroxylation is 1. The van der Waals surface area contributed by atoms with Crippen molar-refractivity contribution in [3.8, 4) is 0 Å². The van der Waals surface area contributed by atoms with Gasteiger partial charge in [0.15, 0.2) is 0 Å². The summed E-state index contributed by atoms with van der Waals surface area (Å²) < 4.78 is 7.90. The number of hydrogen-bond acceptors (Lipinski definition) is 4. The van der Waals surface area contributed by atoms with E-state index in [9.17, 15) is 4.79 Å². The number of rotatable bonds is 5. The molecule has 3 heterocycles. The molecule has 1 aromatic rings. The van der Waals surface area contributed by atoms with Gasteiger partial charge in [0, 0.05) is 57.6 Å². The van der Waals surface area contributed by atoms with Crippen LogP contribution in [0.2, 0.25) is 0 Å². The highest BCUT2D eigenvalue weighted by atomic mass is 16.5. The first-order chi connectivity index (χ1) is 11.6. The van der Waals surface area contributed by atoms with E-state index in [2.05, 4.69) is 17.2 Å². The molecule has 0 radical (unpaired) electrons. The molecule has 3 atom stereocenters. The van der Waals surface area contributed by atoms with E-state index in [1.165, 1.54) is 12.8 Å². The average Bonchev–Trinajstić information content (AvgIpc) is 3.06. The Morgan fingerprint density at radius 2 is 2.12 bits per heavy atom. The Labute approximate surface area is 144 Å². The van der Waals surface area contributed by atoms with E-state index in [0.717, 1.165) is 44.8 Å². The lowest BCUT2D eigenvalue weighted by molar-refractivity contribution is -0.131. The molecule has 6 nitrogen and oxygen atoms in total. The molecule has 1 unspecified atom stereocenters. The van der Waals surface area contributed by atoms with Gasteiger partial charge in [-0.3, -0.25) is 4.79 Å². The lowest BCUT2D eigenvalue weighted by atomic mass is 10.1. The Kier molecular flexibility index (Phi) is 5.89. The molecule has 0 saturated carbocycles. The van der Waals surface area contributed by atoms with E-state index in [-0.39, 0.29) is 24.1 Å². The predicted octanol–water partition coefficient (Wildman–Crippen LogP) is 2.02. The van der Waals surface area contributed by atoms with Crippen LogP contribution in [0.1, 0.15) is 57.4 Å². The Hall–Kier alpha value is -1.40. The number of hydrogen-bond donors (Lipinski definition) is 1. The van der Waals surface area contributed by atoms with Crippen molar-refractivity contribution in [3.63, 3.8) is 0 Å². The number of imidazole rings is 1. The molecule has 3 rings (SSSR count). The molecule has 0 spiro atoms. The van der Waals surface area contributed by atoms with Gasteiger partial charge in [-0.05, 0) is 26.2 Å². The maximum absolute atomic E-state index is 12.5. The van der Waals surface area contributed by atoms with Gasteiger partial charge in [0.1, 0.15) is 11.9 Å². The van der Waals surface area contributed by atoms with Crippen LogP contribution >= 0.6 is 0 Å². The van der Waals surface area contributed by atoms with Crippen molar-refractivity contribution in [1.29, 1.82) is 0 Å². The number of carbonyl (C=O) groups excluding carboxylic acids is 1. The van der Waals surface area contributed by atoms with Crippen LogP contribution in [0.15, 0.2) is 12.4 Å². The van der Waals surface area contributed by atoms with E-state index in [4.69, 9.17) is 4.74 Å². The summed E-state index contributed by atoms with van der Waals surface area (Å²) in [5.41, 5.74) is 0. The summed E-state index contributed by atoms with van der Waals surface area (Å²) in [5.74, 6) is 1.24. The van der Waals surface area contributed by atoms with Crippen LogP contribution in [-0.2, 0) is 16.6 Å². The largest absolute Gasteiger partial charge is 0.369 e. The smallest absolute Gasteiger partial charge is 0.224 e. The van der Waals surface area contributed by atoms with Gasteiger partial charge >= 0.3 is 0 Å². The van der Waals surface area contributed by atoms with Gasteiger partial charge in [-0.15, -0.1) is 0 Å². The van der Waals surface area contributed by atoms with E-state index in [1.807, 2.05) is 22.7 Å². The van der Waals surface area contributed by atoms with E-state index < -0.39 is 0 Å². The normalized spacial score (nSPS) is 26.3. The second kappa shape index (κ2) is 8.12. The summed E-state index contributed by atoms with van der Waals surface area (Å²) in [6, 6.07) is 0.369. The molecule has 24 heavy (non-hydrogen) atoms. The molecule has 2 saturated heterocycles. The fourth-order valence-corrected chi connectivity index (χ4v) is 3.80. The molecule has 2 aliphatic rings. The van der Waals surface area contributed by atoms with Crippen LogP contribution in [0.25, 0.3) is 0 Å². The number of amides is 1. The summed E-state index contributed by atoms with van der Waals surface area (Å²) >= 11 is 0. The molecule has 2 fully saturated rings. The van der Waals surface area contributed by atoms with Crippen molar-refractivity contribution in [2.45, 2.75) is 63.6 Å². The van der Waals surface area contributed by atoms with Gasteiger partial charge in [-0.1, -0.05) is 12.8 Å². The number of likely N-dealkylation sites (tertiary alicyclic amines) is 1. The maximum Gasteiger partial charge on any atom is 0.224 e. The van der Waals surface area contributed by atoms with Gasteiger partial charge < -0.3 is 19.5 Å². The minimum Gasteiger partial charge on any atom is -0.369 e. The molecule has 1 amide bonds. The minimum absolute atomic E-state index is 0.0271. The zero-order valence-corrected chi connectivity index (χ0v) is 14.9. The third kappa shape index (κ3) is 4.16. The fraction of sp³-hybridized carbons (Fsp3) is 0.778. The molecular weight excluding hydrogens is 304 g/mol. The Morgan fingerprint density at radius 1 is 1.38 bits per heavy atom. The molecule has 1 N–H and O–H groups in total. The number of nitrogens with one attached hydrogen (secondary N) is 1. The summed E-state index contributed by atoms with van der Waals surface area (Å²) in [4.78, 5) is 19.0. The highest BCUT2D eigenvalue weighted by Crippen LogP contribution is 2.28. The first-order valence-corrected chi connectivity index (χ1v) is 9.28. The summed E-state index contributed by atoms with van der Waals surface area (Å²) in [7, 11) is 1.99. The number of aromatic nitrogens is 2. The van der Waals surface area contributed by atoms with Gasteiger partial charge in [-0.25, -0.2) is 4.98 Å². The predicted molar refractivity (Wildman–Crippen MR) is 92.6 cm³/mol. The monoisotopic (exact) mass is 334 g/mol. The summed E-state index contributed by atoms with van der Waals surface area (Å²) in [5, 5.41) is 3.60. The second-order valence-electron chi connectivity index (χ2n) is 7.15. The van der Waals surface area contributed by atoms with Gasteiger partial charge in [0.2, 0.25) is 5.91 Å². The van der Waals surface area contributed by atoms with E-state index >= 15 is 0 Å². The van der Waals surface area contributed by atoms with Crippen molar-refractivity contribution in [3.05, 3.63) is 18.2 Å². The van der Waals surface area contributed by atoms with Gasteiger partial charge in [-0.2, -0.15) is 0 Å². The lowest BCUT2D eigenvalue weighted by Gasteiger charge is -2.26. The van der Waals surface area contributed by atoms with Gasteiger partial charge in [0.05, 0.1) is 0 Å². The maximum atomic E-state index is 12.5. The third-order valence-corrected chi connectivity index (χ3v) is 5.14. The number of nitrogens with zero attached hydrogens (tertiary/aromatic N) is 3. The number of ether oxygens (including phenoxy) is 1. The molecule has 6 heteroatoms. The molecule has 134 valence electrons. The van der Waals surface area contributed by atoms with Crippen LogP contribution in [0.5, 0.6) is 0 Å². The molecule has 2 aliphatic heterocycles. The second-order valence-corrected chi connectivity index (χ2v) is 7.15. The molecular formula is C18H30N4O2. The topological polar surface area (TPSA) is 59.4 Å². The average molecular weight is 334 g/mol. The van der Waals surface area contributed by atoms with Crippen molar-refractivity contribution in [1.82, 2.24) is 19.8 Å². The number of carbonyl (C=O) groups is 1. The Bertz CT molecular complexity index is 537.